The van der Waals surface area contributed by atoms with Crippen molar-refractivity contribution >= 4 is 11.8 Å². The lowest BCUT2D eigenvalue weighted by Gasteiger charge is -2.09. The number of nitrogens with two attached hydrogens (primary N) is 1. The van der Waals surface area contributed by atoms with E-state index in [2.05, 4.69) is 48.1 Å². The Kier molecular flexibility index (Phi) is 4.34. The monoisotopic (exact) mass is 325 g/mol. The summed E-state index contributed by atoms with van der Waals surface area (Å²) < 4.78 is 1.53. The smallest absolute Gasteiger partial charge is 0.210 e. The highest BCUT2D eigenvalue weighted by atomic mass is 32.2. The first-order valence-electron chi connectivity index (χ1n) is 7.36. The van der Waals surface area contributed by atoms with Crippen LogP contribution in [0.5, 0.6) is 0 Å². The van der Waals surface area contributed by atoms with Gasteiger partial charge in [-0.3, -0.25) is 4.98 Å². The van der Waals surface area contributed by atoms with Crippen molar-refractivity contribution in [2.75, 3.05) is 5.84 Å². The zero-order chi connectivity index (χ0) is 16.4. The molecular formula is C17H19N5S. The number of nitrogen functional groups attached to an aromatic ring is 1. The van der Waals surface area contributed by atoms with E-state index >= 15 is 0 Å². The van der Waals surface area contributed by atoms with Crippen LogP contribution in [0.2, 0.25) is 0 Å². The van der Waals surface area contributed by atoms with E-state index in [9.17, 15) is 0 Å². The lowest BCUT2D eigenvalue weighted by molar-refractivity contribution is 0.849. The van der Waals surface area contributed by atoms with E-state index in [4.69, 9.17) is 5.84 Å². The summed E-state index contributed by atoms with van der Waals surface area (Å²) in [6, 6.07) is 8.23. The molecule has 0 radical (unpaired) electrons. The molecular weight excluding hydrogens is 306 g/mol. The van der Waals surface area contributed by atoms with E-state index in [0.29, 0.717) is 11.0 Å². The zero-order valence-corrected chi connectivity index (χ0v) is 14.3. The molecule has 0 spiro atoms. The van der Waals surface area contributed by atoms with Crippen LogP contribution in [0.1, 0.15) is 22.3 Å². The minimum absolute atomic E-state index is 0.623. The van der Waals surface area contributed by atoms with Crippen LogP contribution in [-0.2, 0) is 5.75 Å². The maximum Gasteiger partial charge on any atom is 0.210 e. The summed E-state index contributed by atoms with van der Waals surface area (Å²) in [5.41, 5.74) is 6.06. The fourth-order valence-corrected chi connectivity index (χ4v) is 3.31. The number of hydrogen-bond acceptors (Lipinski definition) is 5. The highest BCUT2D eigenvalue weighted by molar-refractivity contribution is 7.98. The van der Waals surface area contributed by atoms with Crippen molar-refractivity contribution in [1.82, 2.24) is 19.9 Å². The van der Waals surface area contributed by atoms with Crippen LogP contribution in [0.4, 0.5) is 0 Å². The second-order valence-electron chi connectivity index (χ2n) is 5.57. The molecule has 1 aromatic carbocycles. The zero-order valence-electron chi connectivity index (χ0n) is 13.4. The van der Waals surface area contributed by atoms with Gasteiger partial charge < -0.3 is 5.84 Å². The van der Waals surface area contributed by atoms with E-state index in [0.717, 1.165) is 11.3 Å². The second-order valence-corrected chi connectivity index (χ2v) is 6.51. The van der Waals surface area contributed by atoms with Crippen molar-refractivity contribution in [3.05, 3.63) is 58.9 Å². The summed E-state index contributed by atoms with van der Waals surface area (Å²) in [4.78, 5) is 4.09. The van der Waals surface area contributed by atoms with E-state index in [1.165, 1.54) is 26.9 Å². The first kappa shape index (κ1) is 15.6. The molecule has 118 valence electrons. The van der Waals surface area contributed by atoms with Gasteiger partial charge in [-0.2, -0.15) is 0 Å². The van der Waals surface area contributed by atoms with Gasteiger partial charge in [0, 0.05) is 23.7 Å². The van der Waals surface area contributed by atoms with Crippen LogP contribution in [0.25, 0.3) is 11.4 Å². The van der Waals surface area contributed by atoms with Crippen molar-refractivity contribution in [2.24, 2.45) is 0 Å². The average molecular weight is 325 g/mol. The summed E-state index contributed by atoms with van der Waals surface area (Å²) in [6.07, 6.45) is 3.45. The number of benzene rings is 1. The molecule has 0 bridgehead atoms. The molecule has 6 heteroatoms. The van der Waals surface area contributed by atoms with Gasteiger partial charge in [0.25, 0.3) is 0 Å². The quantitative estimate of drug-likeness (QED) is 0.589. The van der Waals surface area contributed by atoms with E-state index < -0.39 is 0 Å². The third-order valence-corrected chi connectivity index (χ3v) is 4.89. The largest absolute Gasteiger partial charge is 0.335 e. The number of rotatable bonds is 4. The normalized spacial score (nSPS) is 10.9. The third-order valence-electron chi connectivity index (χ3n) is 3.89. The molecule has 3 aromatic rings. The first-order valence-corrected chi connectivity index (χ1v) is 8.35. The molecule has 0 aliphatic heterocycles. The fourth-order valence-electron chi connectivity index (χ4n) is 2.39. The molecule has 0 fully saturated rings. The van der Waals surface area contributed by atoms with Crippen LogP contribution in [0, 0.1) is 20.8 Å². The van der Waals surface area contributed by atoms with Crippen LogP contribution >= 0.6 is 11.8 Å². The first-order chi connectivity index (χ1) is 11.1. The molecule has 2 aromatic heterocycles. The number of nitrogens with zero attached hydrogens (tertiary/aromatic N) is 4. The van der Waals surface area contributed by atoms with Crippen molar-refractivity contribution in [2.45, 2.75) is 31.7 Å². The molecule has 0 unspecified atom stereocenters. The average Bonchev–Trinajstić information content (AvgIpc) is 2.91. The molecule has 2 N–H and O–H groups in total. The van der Waals surface area contributed by atoms with Crippen LogP contribution < -0.4 is 5.84 Å². The summed E-state index contributed by atoms with van der Waals surface area (Å²) in [6.45, 7) is 6.40. The number of hydrogen-bond donors (Lipinski definition) is 1. The van der Waals surface area contributed by atoms with Crippen LogP contribution in [0.3, 0.4) is 0 Å². The van der Waals surface area contributed by atoms with Gasteiger partial charge in [0.1, 0.15) is 0 Å². The van der Waals surface area contributed by atoms with Gasteiger partial charge in [-0.05, 0) is 55.2 Å². The predicted molar refractivity (Wildman–Crippen MR) is 93.6 cm³/mol. The molecule has 2 heterocycles. The van der Waals surface area contributed by atoms with Gasteiger partial charge in [0.15, 0.2) is 5.82 Å². The number of pyridine rings is 1. The lowest BCUT2D eigenvalue weighted by atomic mass is 10.0. The Hall–Kier alpha value is -2.34. The van der Waals surface area contributed by atoms with Crippen molar-refractivity contribution in [1.29, 1.82) is 0 Å². The van der Waals surface area contributed by atoms with Gasteiger partial charge in [0.05, 0.1) is 0 Å². The molecule has 5 nitrogen and oxygen atoms in total. The van der Waals surface area contributed by atoms with Crippen LogP contribution in [0.15, 0.2) is 41.8 Å². The minimum atomic E-state index is 0.623. The molecule has 0 atom stereocenters. The Bertz CT molecular complexity index is 827. The van der Waals surface area contributed by atoms with Gasteiger partial charge in [-0.25, -0.2) is 4.68 Å². The fraction of sp³-hybridized carbons (Fsp3) is 0.235. The lowest BCUT2D eigenvalue weighted by Crippen LogP contribution is -2.11. The van der Waals surface area contributed by atoms with Crippen molar-refractivity contribution in [3.63, 3.8) is 0 Å². The second kappa shape index (κ2) is 6.42. The predicted octanol–water partition coefficient (Wildman–Crippen LogP) is 3.27. The van der Waals surface area contributed by atoms with Crippen molar-refractivity contribution < 1.29 is 0 Å². The molecule has 0 saturated heterocycles. The SMILES string of the molecule is Cc1cc(C)c(CSc2nnc(-c3cccnc3)n2N)cc1C. The molecule has 0 aliphatic carbocycles. The van der Waals surface area contributed by atoms with E-state index in [1.54, 1.807) is 24.2 Å². The molecule has 3 rings (SSSR count). The summed E-state index contributed by atoms with van der Waals surface area (Å²) in [7, 11) is 0. The highest BCUT2D eigenvalue weighted by Gasteiger charge is 2.13. The Labute approximate surface area is 139 Å². The topological polar surface area (TPSA) is 69.6 Å². The van der Waals surface area contributed by atoms with E-state index in [-0.39, 0.29) is 0 Å². The Morgan fingerprint density at radius 2 is 1.87 bits per heavy atom. The number of aromatic nitrogens is 4. The number of aryl methyl sites for hydroxylation is 3. The molecule has 23 heavy (non-hydrogen) atoms. The molecule has 0 amide bonds. The third kappa shape index (κ3) is 3.22. The van der Waals surface area contributed by atoms with Gasteiger partial charge >= 0.3 is 0 Å². The highest BCUT2D eigenvalue weighted by Crippen LogP contribution is 2.26. The molecule has 0 aliphatic rings. The Morgan fingerprint density at radius 1 is 1.09 bits per heavy atom. The summed E-state index contributed by atoms with van der Waals surface area (Å²) in [5.74, 6) is 7.57. The van der Waals surface area contributed by atoms with Crippen LogP contribution in [-0.4, -0.2) is 19.9 Å². The Balaban J connectivity index is 1.80. The van der Waals surface area contributed by atoms with Gasteiger partial charge in [-0.15, -0.1) is 10.2 Å². The Morgan fingerprint density at radius 3 is 2.61 bits per heavy atom. The maximum absolute atomic E-state index is 6.13. The standard InChI is InChI=1S/C17H19N5S/c1-11-7-13(3)15(8-12(11)2)10-23-17-21-20-16(22(17)18)14-5-4-6-19-9-14/h4-9H,10,18H2,1-3H3. The molecule has 0 saturated carbocycles. The maximum atomic E-state index is 6.13. The van der Waals surface area contributed by atoms with Crippen molar-refractivity contribution in [3.8, 4) is 11.4 Å². The minimum Gasteiger partial charge on any atom is -0.335 e. The summed E-state index contributed by atoms with van der Waals surface area (Å²) in [5, 5.41) is 9.08. The van der Waals surface area contributed by atoms with E-state index in [1.807, 2.05) is 12.1 Å². The van der Waals surface area contributed by atoms with Gasteiger partial charge in [0.2, 0.25) is 5.16 Å². The number of thioether (sulfide) groups is 1. The summed E-state index contributed by atoms with van der Waals surface area (Å²) >= 11 is 1.59. The van der Waals surface area contributed by atoms with Gasteiger partial charge in [-0.1, -0.05) is 23.9 Å².